The highest BCUT2D eigenvalue weighted by molar-refractivity contribution is 6.31. The zero-order valence-electron chi connectivity index (χ0n) is 16.4. The minimum Gasteiger partial charge on any atom is -0.449 e. The van der Waals surface area contributed by atoms with Crippen LogP contribution in [-0.4, -0.2) is 33.4 Å². The van der Waals surface area contributed by atoms with Gasteiger partial charge < -0.3 is 10.1 Å². The number of esters is 1. The first-order valence-corrected chi connectivity index (χ1v) is 10.1. The van der Waals surface area contributed by atoms with Crippen LogP contribution in [0.15, 0.2) is 30.5 Å². The molecule has 0 saturated heterocycles. The number of carbonyl (C=O) groups excluding carboxylic acids is 2. The van der Waals surface area contributed by atoms with Gasteiger partial charge in [-0.25, -0.2) is 9.78 Å². The molecule has 4 atom stereocenters. The van der Waals surface area contributed by atoms with Gasteiger partial charge in [0.1, 0.15) is 5.65 Å². The third-order valence-corrected chi connectivity index (χ3v) is 5.87. The Morgan fingerprint density at radius 3 is 2.93 bits per heavy atom. The molecule has 6 nitrogen and oxygen atoms in total. The summed E-state index contributed by atoms with van der Waals surface area (Å²) in [4.78, 5) is 28.8. The van der Waals surface area contributed by atoms with Gasteiger partial charge in [-0.2, -0.15) is 0 Å². The van der Waals surface area contributed by atoms with Gasteiger partial charge in [0.05, 0.1) is 5.69 Å². The lowest BCUT2D eigenvalue weighted by Gasteiger charge is -2.35. The second-order valence-corrected chi connectivity index (χ2v) is 7.87. The van der Waals surface area contributed by atoms with Crippen molar-refractivity contribution in [3.05, 3.63) is 41.3 Å². The fourth-order valence-corrected chi connectivity index (χ4v) is 3.88. The van der Waals surface area contributed by atoms with E-state index in [1.54, 1.807) is 17.4 Å². The Morgan fingerprint density at radius 2 is 2.14 bits per heavy atom. The zero-order valence-corrected chi connectivity index (χ0v) is 17.1. The molecular weight excluding hydrogens is 378 g/mol. The van der Waals surface area contributed by atoms with Gasteiger partial charge in [-0.3, -0.25) is 9.20 Å². The number of nitrogens with zero attached hydrogens (tertiary/aromatic N) is 2. The predicted molar refractivity (Wildman–Crippen MR) is 109 cm³/mol. The Labute approximate surface area is 169 Å². The molecule has 0 radical (unpaired) electrons. The summed E-state index contributed by atoms with van der Waals surface area (Å²) >= 11 is 6.14. The number of halogens is 1. The molecule has 1 saturated carbocycles. The summed E-state index contributed by atoms with van der Waals surface area (Å²) < 4.78 is 7.03. The molecule has 28 heavy (non-hydrogen) atoms. The molecule has 0 bridgehead atoms. The van der Waals surface area contributed by atoms with Crippen LogP contribution in [0.25, 0.3) is 11.7 Å². The SMILES string of the molecule is C[C@@H]1[C@H](C)CCC[C@H]1NC(=O)[C@@H](C)OC(=O)/C=C/c1c(Cl)nc2ccccn12. The largest absolute Gasteiger partial charge is 0.449 e. The van der Waals surface area contributed by atoms with Crippen LogP contribution in [0.3, 0.4) is 0 Å². The van der Waals surface area contributed by atoms with Gasteiger partial charge in [0, 0.05) is 18.3 Å². The fraction of sp³-hybridized carbons (Fsp3) is 0.476. The topological polar surface area (TPSA) is 72.7 Å². The number of carbonyl (C=O) groups is 2. The van der Waals surface area contributed by atoms with E-state index in [1.807, 2.05) is 24.4 Å². The fourth-order valence-electron chi connectivity index (χ4n) is 3.63. The van der Waals surface area contributed by atoms with E-state index in [0.717, 1.165) is 12.8 Å². The van der Waals surface area contributed by atoms with Gasteiger partial charge in [-0.05, 0) is 43.4 Å². The number of pyridine rings is 1. The van der Waals surface area contributed by atoms with E-state index in [4.69, 9.17) is 16.3 Å². The van der Waals surface area contributed by atoms with E-state index in [9.17, 15) is 9.59 Å². The van der Waals surface area contributed by atoms with Crippen LogP contribution in [0.2, 0.25) is 5.15 Å². The number of fused-ring (bicyclic) bond motifs is 1. The summed E-state index contributed by atoms with van der Waals surface area (Å²) in [6.07, 6.45) is 7.01. The highest BCUT2D eigenvalue weighted by Crippen LogP contribution is 2.29. The number of hydrogen-bond acceptors (Lipinski definition) is 4. The number of aromatic nitrogens is 2. The summed E-state index contributed by atoms with van der Waals surface area (Å²) in [6.45, 7) is 5.95. The maximum absolute atomic E-state index is 12.4. The highest BCUT2D eigenvalue weighted by atomic mass is 35.5. The van der Waals surface area contributed by atoms with Gasteiger partial charge in [0.2, 0.25) is 0 Å². The van der Waals surface area contributed by atoms with Crippen LogP contribution >= 0.6 is 11.6 Å². The Bertz CT molecular complexity index is 892. The van der Waals surface area contributed by atoms with Crippen molar-refractivity contribution < 1.29 is 14.3 Å². The van der Waals surface area contributed by atoms with E-state index in [-0.39, 0.29) is 11.9 Å². The lowest BCUT2D eigenvalue weighted by Crippen LogP contribution is -2.47. The standard InChI is InChI=1S/C21H26ClN3O3/c1-13-7-6-8-16(14(13)2)23-21(27)15(3)28-19(26)11-10-17-20(22)24-18-9-4-5-12-25(17)18/h4-5,9-16H,6-8H2,1-3H3,(H,23,27)/b11-10+/t13-,14-,15-,16-/m1/s1. The molecule has 2 aromatic heterocycles. The quantitative estimate of drug-likeness (QED) is 0.607. The normalized spacial score (nSPS) is 23.6. The number of rotatable bonds is 5. The molecule has 1 N–H and O–H groups in total. The summed E-state index contributed by atoms with van der Waals surface area (Å²) in [5, 5.41) is 3.32. The first-order chi connectivity index (χ1) is 13.4. The molecule has 0 spiro atoms. The van der Waals surface area contributed by atoms with Crippen molar-refractivity contribution in [3.63, 3.8) is 0 Å². The first kappa shape index (κ1) is 20.4. The molecule has 2 aromatic rings. The third kappa shape index (κ3) is 4.55. The molecular formula is C21H26ClN3O3. The van der Waals surface area contributed by atoms with E-state index in [2.05, 4.69) is 24.1 Å². The van der Waals surface area contributed by atoms with Crippen LogP contribution in [0, 0.1) is 11.8 Å². The zero-order chi connectivity index (χ0) is 20.3. The second kappa shape index (κ2) is 8.78. The number of amides is 1. The Hall–Kier alpha value is -2.34. The predicted octanol–water partition coefficient (Wildman–Crippen LogP) is 3.87. The van der Waals surface area contributed by atoms with Crippen molar-refractivity contribution in [3.8, 4) is 0 Å². The van der Waals surface area contributed by atoms with E-state index >= 15 is 0 Å². The number of hydrogen-bond donors (Lipinski definition) is 1. The van der Waals surface area contributed by atoms with Crippen LogP contribution in [0.5, 0.6) is 0 Å². The second-order valence-electron chi connectivity index (χ2n) is 7.51. The minimum absolute atomic E-state index is 0.130. The summed E-state index contributed by atoms with van der Waals surface area (Å²) in [5.74, 6) is 0.128. The van der Waals surface area contributed by atoms with Crippen molar-refractivity contribution in [2.45, 2.75) is 52.2 Å². The molecule has 2 heterocycles. The van der Waals surface area contributed by atoms with E-state index < -0.39 is 12.1 Å². The molecule has 1 aliphatic rings. The lowest BCUT2D eigenvalue weighted by molar-refractivity contribution is -0.150. The average molecular weight is 404 g/mol. The van der Waals surface area contributed by atoms with Gasteiger partial charge in [-0.1, -0.05) is 44.4 Å². The van der Waals surface area contributed by atoms with Crippen molar-refractivity contribution in [1.82, 2.24) is 14.7 Å². The summed E-state index contributed by atoms with van der Waals surface area (Å²) in [7, 11) is 0. The minimum atomic E-state index is -0.862. The van der Waals surface area contributed by atoms with Crippen molar-refractivity contribution in [2.75, 3.05) is 0 Å². The van der Waals surface area contributed by atoms with Crippen LogP contribution in [0.1, 0.15) is 45.7 Å². The van der Waals surface area contributed by atoms with Gasteiger partial charge in [0.25, 0.3) is 5.91 Å². The highest BCUT2D eigenvalue weighted by Gasteiger charge is 2.29. The summed E-state index contributed by atoms with van der Waals surface area (Å²) in [6, 6.07) is 5.65. The molecule has 150 valence electrons. The Kier molecular flexibility index (Phi) is 6.39. The van der Waals surface area contributed by atoms with Gasteiger partial charge in [0.15, 0.2) is 11.3 Å². The molecule has 0 aromatic carbocycles. The van der Waals surface area contributed by atoms with Crippen LogP contribution < -0.4 is 5.32 Å². The molecule has 1 amide bonds. The Balaban J connectivity index is 1.58. The first-order valence-electron chi connectivity index (χ1n) is 9.68. The molecule has 0 aliphatic heterocycles. The molecule has 1 fully saturated rings. The average Bonchev–Trinajstić information content (AvgIpc) is 2.98. The van der Waals surface area contributed by atoms with Crippen LogP contribution in [-0.2, 0) is 14.3 Å². The molecule has 7 heteroatoms. The number of ether oxygens (including phenoxy) is 1. The van der Waals surface area contributed by atoms with Crippen LogP contribution in [0.4, 0.5) is 0 Å². The van der Waals surface area contributed by atoms with Gasteiger partial charge in [-0.15, -0.1) is 0 Å². The number of imidazole rings is 1. The number of nitrogens with one attached hydrogen (secondary N) is 1. The third-order valence-electron chi connectivity index (χ3n) is 5.60. The van der Waals surface area contributed by atoms with Crippen molar-refractivity contribution >= 4 is 35.2 Å². The van der Waals surface area contributed by atoms with Gasteiger partial charge >= 0.3 is 5.97 Å². The van der Waals surface area contributed by atoms with E-state index in [1.165, 1.54) is 12.5 Å². The summed E-state index contributed by atoms with van der Waals surface area (Å²) in [5.41, 5.74) is 1.26. The maximum Gasteiger partial charge on any atom is 0.331 e. The van der Waals surface area contributed by atoms with E-state index in [0.29, 0.717) is 28.3 Å². The Morgan fingerprint density at radius 1 is 1.36 bits per heavy atom. The maximum atomic E-state index is 12.4. The van der Waals surface area contributed by atoms with Crippen molar-refractivity contribution in [1.29, 1.82) is 0 Å². The van der Waals surface area contributed by atoms with Crippen molar-refractivity contribution in [2.24, 2.45) is 11.8 Å². The monoisotopic (exact) mass is 403 g/mol. The molecule has 1 aliphatic carbocycles. The molecule has 0 unspecified atom stereocenters. The lowest BCUT2D eigenvalue weighted by atomic mass is 9.78. The molecule has 3 rings (SSSR count). The smallest absolute Gasteiger partial charge is 0.331 e.